The van der Waals surface area contributed by atoms with E-state index in [4.69, 9.17) is 9.47 Å². The minimum Gasteiger partial charge on any atom is -0.480 e. The molecule has 0 fully saturated rings. The van der Waals surface area contributed by atoms with Crippen LogP contribution in [0.15, 0.2) is 36.4 Å². The van der Waals surface area contributed by atoms with E-state index in [9.17, 15) is 19.5 Å². The maximum atomic E-state index is 12.8. The summed E-state index contributed by atoms with van der Waals surface area (Å²) in [6.45, 7) is 18.2. The van der Waals surface area contributed by atoms with Gasteiger partial charge in [0.25, 0.3) is 0 Å². The van der Waals surface area contributed by atoms with Crippen molar-refractivity contribution in [1.29, 1.82) is 0 Å². The molecule has 0 heterocycles. The average molecular weight is 604 g/mol. The van der Waals surface area contributed by atoms with Crippen molar-refractivity contribution in [3.63, 3.8) is 0 Å². The number of carboxylic acids is 1. The Morgan fingerprint density at radius 1 is 0.881 bits per heavy atom. The van der Waals surface area contributed by atoms with Crippen LogP contribution in [0, 0.1) is 22.9 Å². The summed E-state index contributed by atoms with van der Waals surface area (Å²) in [5.74, 6) is 4.25. The molecule has 7 nitrogen and oxygen atoms in total. The Balaban J connectivity index is 1.89. The number of hydrogen-bond donors (Lipinski definition) is 2. The van der Waals surface area contributed by atoms with Crippen molar-refractivity contribution in [3.8, 4) is 34.1 Å². The molecular weight excluding hydrogens is 563 g/mol. The third-order valence-corrected chi connectivity index (χ3v) is 7.82. The summed E-state index contributed by atoms with van der Waals surface area (Å²) in [7, 11) is -3.18. The van der Waals surface area contributed by atoms with Gasteiger partial charge in [0.05, 0.1) is 6.42 Å². The molecule has 9 heteroatoms. The lowest BCUT2D eigenvalue weighted by Gasteiger charge is -2.21. The Morgan fingerprint density at radius 3 is 1.76 bits per heavy atom. The molecule has 0 saturated carbocycles. The topological polar surface area (TPSA) is 102 Å². The van der Waals surface area contributed by atoms with Crippen LogP contribution in [-0.4, -0.2) is 57.5 Å². The minimum absolute atomic E-state index is 0.0274. The molecule has 0 aliphatic heterocycles. The van der Waals surface area contributed by atoms with Crippen LogP contribution in [0.1, 0.15) is 55.4 Å². The highest BCUT2D eigenvalue weighted by Crippen LogP contribution is 2.45. The Kier molecular flexibility index (Phi) is 9.82. The van der Waals surface area contributed by atoms with Crippen molar-refractivity contribution in [2.75, 3.05) is 6.61 Å². The molecule has 1 aliphatic rings. The van der Waals surface area contributed by atoms with Crippen LogP contribution in [-0.2, 0) is 19.1 Å². The number of benzene rings is 2. The van der Waals surface area contributed by atoms with Crippen LogP contribution in [0.3, 0.4) is 0 Å². The van der Waals surface area contributed by atoms with Gasteiger partial charge >= 0.3 is 18.0 Å². The number of carbonyl (C=O) groups is 3. The van der Waals surface area contributed by atoms with Gasteiger partial charge in [-0.05, 0) is 67.3 Å². The van der Waals surface area contributed by atoms with Crippen molar-refractivity contribution in [2.45, 2.75) is 84.0 Å². The molecule has 0 radical (unpaired) electrons. The fraction of sp³-hybridized carbons (Fsp3) is 0.424. The molecule has 1 amide bonds. The number of alkyl carbamates (subject to hydrolysis) is 1. The second kappa shape index (κ2) is 12.6. The molecule has 42 heavy (non-hydrogen) atoms. The normalized spacial score (nSPS) is 13.4. The highest BCUT2D eigenvalue weighted by Gasteiger charge is 2.32. The summed E-state index contributed by atoms with van der Waals surface area (Å²) >= 11 is 0. The van der Waals surface area contributed by atoms with E-state index in [1.165, 1.54) is 0 Å². The molecular formula is C33H41NO6Si2. The molecule has 1 atom stereocenters. The van der Waals surface area contributed by atoms with E-state index >= 15 is 0 Å². The molecule has 2 aromatic carbocycles. The largest absolute Gasteiger partial charge is 0.480 e. The van der Waals surface area contributed by atoms with E-state index in [0.29, 0.717) is 0 Å². The number of carboxylic acid groups (broad SMARTS) is 1. The number of ether oxygens (including phenoxy) is 2. The maximum absolute atomic E-state index is 12.8. The van der Waals surface area contributed by atoms with Gasteiger partial charge in [-0.3, -0.25) is 4.79 Å². The fourth-order valence-electron chi connectivity index (χ4n) is 4.31. The van der Waals surface area contributed by atoms with Gasteiger partial charge in [-0.15, -0.1) is 11.1 Å². The lowest BCUT2D eigenvalue weighted by atomic mass is 9.96. The third-order valence-electron chi connectivity index (χ3n) is 6.07. The van der Waals surface area contributed by atoms with E-state index < -0.39 is 52.2 Å². The predicted molar refractivity (Wildman–Crippen MR) is 171 cm³/mol. The Morgan fingerprint density at radius 2 is 1.36 bits per heavy atom. The van der Waals surface area contributed by atoms with Gasteiger partial charge in [0, 0.05) is 17.0 Å². The predicted octanol–water partition coefficient (Wildman–Crippen LogP) is 6.17. The summed E-state index contributed by atoms with van der Waals surface area (Å²) in [5, 5.41) is 11.9. The highest BCUT2D eigenvalue weighted by molar-refractivity contribution is 6.84. The van der Waals surface area contributed by atoms with Crippen LogP contribution in [0.5, 0.6) is 0 Å². The molecule has 222 valence electrons. The molecule has 0 unspecified atom stereocenters. The molecule has 0 aromatic heterocycles. The molecule has 2 aromatic rings. The number of hydrogen-bond acceptors (Lipinski definition) is 5. The number of amides is 1. The maximum Gasteiger partial charge on any atom is 0.407 e. The first-order valence-corrected chi connectivity index (χ1v) is 21.0. The number of carbonyl (C=O) groups excluding carboxylic acids is 2. The van der Waals surface area contributed by atoms with Crippen molar-refractivity contribution in [1.82, 2.24) is 5.32 Å². The zero-order valence-electron chi connectivity index (χ0n) is 26.0. The molecule has 0 bridgehead atoms. The fourth-order valence-corrected chi connectivity index (χ4v) is 5.35. The Bertz CT molecular complexity index is 1420. The van der Waals surface area contributed by atoms with Gasteiger partial charge in [-0.1, -0.05) is 63.3 Å². The van der Waals surface area contributed by atoms with Crippen LogP contribution in [0.4, 0.5) is 4.79 Å². The van der Waals surface area contributed by atoms with Crippen molar-refractivity contribution < 1.29 is 29.0 Å². The summed E-state index contributed by atoms with van der Waals surface area (Å²) in [5.41, 5.74) is 11.9. The first-order chi connectivity index (χ1) is 19.3. The number of esters is 1. The SMILES string of the molecule is CC(C)(C)OC(=O)C[C@H](NC(=O)OCC1c2cc(C#C[Si](C)(C)C)ccc2-c2ccc(C#C[Si](C)(C)C)cc21)C(=O)O. The standard InChI is InChI=1S/C33H41NO6Si2/c1-33(2,3)40-30(35)20-29(31(36)37)34-32(38)39-21-28-26-18-22(14-16-41(4,5)6)10-12-24(26)25-13-11-23(19-27(25)28)15-17-42(7,8)9/h10-13,18-19,28-29H,20-21H2,1-9H3,(H,34,38)(H,36,37)/t29-/m0/s1. The molecule has 0 saturated heterocycles. The number of rotatable bonds is 6. The summed E-state index contributed by atoms with van der Waals surface area (Å²) in [6, 6.07) is 10.7. The summed E-state index contributed by atoms with van der Waals surface area (Å²) in [6.07, 6.45) is -1.44. The quantitative estimate of drug-likeness (QED) is 0.233. The highest BCUT2D eigenvalue weighted by atomic mass is 28.3. The van der Waals surface area contributed by atoms with Gasteiger partial charge in [-0.25, -0.2) is 9.59 Å². The third kappa shape index (κ3) is 9.65. The lowest BCUT2D eigenvalue weighted by Crippen LogP contribution is -2.43. The second-order valence-electron chi connectivity index (χ2n) is 13.6. The first-order valence-electron chi connectivity index (χ1n) is 14.0. The molecule has 3 rings (SSSR count). The minimum atomic E-state index is -1.59. The van der Waals surface area contributed by atoms with Gasteiger partial charge in [-0.2, -0.15) is 0 Å². The zero-order chi connectivity index (χ0) is 31.5. The smallest absolute Gasteiger partial charge is 0.407 e. The number of aliphatic carboxylic acids is 1. The van der Waals surface area contributed by atoms with Gasteiger partial charge in [0.15, 0.2) is 0 Å². The summed E-state index contributed by atoms with van der Waals surface area (Å²) in [4.78, 5) is 36.7. The number of nitrogens with one attached hydrogen (secondary N) is 1. The van der Waals surface area contributed by atoms with Crippen LogP contribution >= 0.6 is 0 Å². The van der Waals surface area contributed by atoms with Crippen LogP contribution < -0.4 is 5.32 Å². The van der Waals surface area contributed by atoms with Crippen LogP contribution in [0.2, 0.25) is 39.3 Å². The van der Waals surface area contributed by atoms with E-state index in [-0.39, 0.29) is 12.5 Å². The van der Waals surface area contributed by atoms with E-state index in [1.54, 1.807) is 20.8 Å². The van der Waals surface area contributed by atoms with Gasteiger partial charge < -0.3 is 19.9 Å². The second-order valence-corrected chi connectivity index (χ2v) is 23.1. The molecule has 1 aliphatic carbocycles. The van der Waals surface area contributed by atoms with Crippen molar-refractivity contribution in [3.05, 3.63) is 58.7 Å². The molecule has 2 N–H and O–H groups in total. The Hall–Kier alpha value is -3.80. The first kappa shape index (κ1) is 32.7. The van der Waals surface area contributed by atoms with Crippen molar-refractivity contribution >= 4 is 34.2 Å². The van der Waals surface area contributed by atoms with Gasteiger partial charge in [0.1, 0.15) is 34.4 Å². The van der Waals surface area contributed by atoms with E-state index in [2.05, 4.69) is 79.7 Å². The number of fused-ring (bicyclic) bond motifs is 3. The summed E-state index contributed by atoms with van der Waals surface area (Å²) < 4.78 is 10.8. The monoisotopic (exact) mass is 603 g/mol. The van der Waals surface area contributed by atoms with E-state index in [0.717, 1.165) is 33.4 Å². The van der Waals surface area contributed by atoms with Crippen molar-refractivity contribution in [2.24, 2.45) is 0 Å². The van der Waals surface area contributed by atoms with Crippen LogP contribution in [0.25, 0.3) is 11.1 Å². The van der Waals surface area contributed by atoms with E-state index in [1.807, 2.05) is 24.3 Å². The zero-order valence-corrected chi connectivity index (χ0v) is 28.0. The Labute approximate surface area is 251 Å². The lowest BCUT2D eigenvalue weighted by molar-refractivity contribution is -0.158. The van der Waals surface area contributed by atoms with Gasteiger partial charge in [0.2, 0.25) is 0 Å². The average Bonchev–Trinajstić information content (AvgIpc) is 3.14. The molecule has 0 spiro atoms.